The molecule has 2 nitrogen and oxygen atoms in total. The molecular weight excluding hydrogens is 144 g/mol. The van der Waals surface area contributed by atoms with E-state index < -0.39 is 0 Å². The minimum absolute atomic E-state index is 0.358. The molecule has 0 bridgehead atoms. The van der Waals surface area contributed by atoms with E-state index in [-0.39, 0.29) is 0 Å². The van der Waals surface area contributed by atoms with E-state index in [0.717, 1.165) is 12.3 Å². The van der Waals surface area contributed by atoms with Gasteiger partial charge in [0.1, 0.15) is 0 Å². The molecule has 0 aliphatic heterocycles. The van der Waals surface area contributed by atoms with Gasteiger partial charge < -0.3 is 4.90 Å². The molecule has 0 saturated heterocycles. The number of thiol groups is 1. The quantitative estimate of drug-likeness (QED) is 0.621. The fraction of sp³-hybridized carbons (Fsp3) is 0.857. The first-order valence-corrected chi connectivity index (χ1v) is 4.03. The molecule has 0 aromatic heterocycles. The van der Waals surface area contributed by atoms with Crippen LogP contribution in [0.5, 0.6) is 0 Å². The van der Waals surface area contributed by atoms with E-state index in [1.807, 2.05) is 14.0 Å². The highest BCUT2D eigenvalue weighted by molar-refractivity contribution is 7.80. The lowest BCUT2D eigenvalue weighted by atomic mass is 10.2. The third-order valence-corrected chi connectivity index (χ3v) is 1.79. The standard InChI is InChI=1S/C7H14N2S/c1-7(3-4-8)9(2)5-6-10/h7,10H,3,5-6H2,1-2H3. The molecule has 58 valence electrons. The maximum Gasteiger partial charge on any atom is 0.0638 e. The Morgan fingerprint density at radius 2 is 2.30 bits per heavy atom. The zero-order chi connectivity index (χ0) is 7.98. The van der Waals surface area contributed by atoms with Crippen LogP contribution in [-0.4, -0.2) is 30.3 Å². The molecule has 0 radical (unpaired) electrons. The lowest BCUT2D eigenvalue weighted by Crippen LogP contribution is -2.30. The minimum Gasteiger partial charge on any atom is -0.302 e. The van der Waals surface area contributed by atoms with Crippen molar-refractivity contribution in [2.45, 2.75) is 19.4 Å². The average molecular weight is 158 g/mol. The molecule has 0 aliphatic carbocycles. The van der Waals surface area contributed by atoms with Crippen LogP contribution >= 0.6 is 12.6 Å². The molecule has 0 saturated carbocycles. The van der Waals surface area contributed by atoms with Gasteiger partial charge in [0.15, 0.2) is 0 Å². The first-order valence-electron chi connectivity index (χ1n) is 3.40. The van der Waals surface area contributed by atoms with Crippen molar-refractivity contribution < 1.29 is 0 Å². The fourth-order valence-corrected chi connectivity index (χ4v) is 0.982. The maximum absolute atomic E-state index is 8.36. The van der Waals surface area contributed by atoms with Crippen molar-refractivity contribution >= 4 is 12.6 Å². The van der Waals surface area contributed by atoms with Crippen molar-refractivity contribution in [2.24, 2.45) is 0 Å². The zero-order valence-electron chi connectivity index (χ0n) is 6.54. The molecule has 0 rings (SSSR count). The van der Waals surface area contributed by atoms with Gasteiger partial charge in [-0.15, -0.1) is 0 Å². The maximum atomic E-state index is 8.36. The monoisotopic (exact) mass is 158 g/mol. The Labute approximate surface area is 68.2 Å². The molecule has 3 heteroatoms. The Bertz CT molecular complexity index is 119. The van der Waals surface area contributed by atoms with Gasteiger partial charge in [0.05, 0.1) is 12.5 Å². The van der Waals surface area contributed by atoms with Crippen molar-refractivity contribution in [1.82, 2.24) is 4.90 Å². The number of nitrogens with zero attached hydrogens (tertiary/aromatic N) is 2. The van der Waals surface area contributed by atoms with Gasteiger partial charge in [-0.3, -0.25) is 0 Å². The average Bonchev–Trinajstić information content (AvgIpc) is 1.89. The van der Waals surface area contributed by atoms with Gasteiger partial charge in [0.25, 0.3) is 0 Å². The highest BCUT2D eigenvalue weighted by Crippen LogP contribution is 1.98. The van der Waals surface area contributed by atoms with Gasteiger partial charge in [-0.1, -0.05) is 0 Å². The second-order valence-electron chi connectivity index (χ2n) is 2.42. The van der Waals surface area contributed by atoms with Crippen LogP contribution < -0.4 is 0 Å². The predicted molar refractivity (Wildman–Crippen MR) is 46.2 cm³/mol. The van der Waals surface area contributed by atoms with Crippen LogP contribution in [0.15, 0.2) is 0 Å². The molecular formula is C7H14N2S. The summed E-state index contributed by atoms with van der Waals surface area (Å²) in [5.41, 5.74) is 0. The van der Waals surface area contributed by atoms with Gasteiger partial charge in [0.2, 0.25) is 0 Å². The Kier molecular flexibility index (Phi) is 5.46. The van der Waals surface area contributed by atoms with Crippen LogP contribution in [0.25, 0.3) is 0 Å². The molecule has 0 heterocycles. The van der Waals surface area contributed by atoms with Gasteiger partial charge in [0, 0.05) is 18.3 Å². The summed E-state index contributed by atoms with van der Waals surface area (Å²) in [4.78, 5) is 2.14. The number of nitriles is 1. The van der Waals surface area contributed by atoms with Gasteiger partial charge >= 0.3 is 0 Å². The minimum atomic E-state index is 0.358. The molecule has 0 aromatic carbocycles. The highest BCUT2D eigenvalue weighted by atomic mass is 32.1. The first-order chi connectivity index (χ1) is 4.72. The van der Waals surface area contributed by atoms with Crippen LogP contribution in [0.4, 0.5) is 0 Å². The summed E-state index contributed by atoms with van der Waals surface area (Å²) in [5, 5.41) is 8.36. The number of hydrogen-bond acceptors (Lipinski definition) is 3. The van der Waals surface area contributed by atoms with Crippen LogP contribution in [0, 0.1) is 11.3 Å². The molecule has 0 fully saturated rings. The first kappa shape index (κ1) is 9.80. The lowest BCUT2D eigenvalue weighted by Gasteiger charge is -2.20. The summed E-state index contributed by atoms with van der Waals surface area (Å²) in [5.74, 6) is 0.853. The number of hydrogen-bond donors (Lipinski definition) is 1. The molecule has 0 spiro atoms. The second kappa shape index (κ2) is 5.57. The van der Waals surface area contributed by atoms with E-state index in [2.05, 4.69) is 23.6 Å². The van der Waals surface area contributed by atoms with Crippen molar-refractivity contribution in [2.75, 3.05) is 19.3 Å². The zero-order valence-corrected chi connectivity index (χ0v) is 7.43. The van der Waals surface area contributed by atoms with Crippen molar-refractivity contribution in [3.8, 4) is 6.07 Å². The lowest BCUT2D eigenvalue weighted by molar-refractivity contribution is 0.277. The fourth-order valence-electron chi connectivity index (χ4n) is 0.666. The van der Waals surface area contributed by atoms with Crippen LogP contribution in [0.2, 0.25) is 0 Å². The van der Waals surface area contributed by atoms with Gasteiger partial charge in [-0.25, -0.2) is 0 Å². The smallest absolute Gasteiger partial charge is 0.0638 e. The third-order valence-electron chi connectivity index (χ3n) is 1.59. The summed E-state index contributed by atoms with van der Waals surface area (Å²) in [6.45, 7) is 3.00. The summed E-state index contributed by atoms with van der Waals surface area (Å²) in [6.07, 6.45) is 0.601. The summed E-state index contributed by atoms with van der Waals surface area (Å²) < 4.78 is 0. The Hall–Kier alpha value is -0.200. The molecule has 10 heavy (non-hydrogen) atoms. The van der Waals surface area contributed by atoms with Crippen LogP contribution in [0.3, 0.4) is 0 Å². The molecule has 0 aromatic rings. The molecule has 1 unspecified atom stereocenters. The topological polar surface area (TPSA) is 27.0 Å². The Balaban J connectivity index is 3.50. The second-order valence-corrected chi connectivity index (χ2v) is 2.86. The van der Waals surface area contributed by atoms with Crippen LogP contribution in [-0.2, 0) is 0 Å². The Morgan fingerprint density at radius 1 is 1.70 bits per heavy atom. The van der Waals surface area contributed by atoms with Crippen molar-refractivity contribution in [3.63, 3.8) is 0 Å². The van der Waals surface area contributed by atoms with E-state index in [4.69, 9.17) is 5.26 Å². The van der Waals surface area contributed by atoms with E-state index in [9.17, 15) is 0 Å². The largest absolute Gasteiger partial charge is 0.302 e. The summed E-state index contributed by atoms with van der Waals surface area (Å²) >= 11 is 4.10. The number of rotatable bonds is 4. The molecule has 0 N–H and O–H groups in total. The van der Waals surface area contributed by atoms with Crippen molar-refractivity contribution in [3.05, 3.63) is 0 Å². The van der Waals surface area contributed by atoms with E-state index in [1.54, 1.807) is 0 Å². The highest BCUT2D eigenvalue weighted by Gasteiger charge is 2.05. The molecule has 0 amide bonds. The predicted octanol–water partition coefficient (Wildman–Crippen LogP) is 1.15. The molecule has 1 atom stereocenters. The van der Waals surface area contributed by atoms with E-state index in [1.165, 1.54) is 0 Å². The van der Waals surface area contributed by atoms with Gasteiger partial charge in [-0.05, 0) is 14.0 Å². The molecule has 0 aliphatic rings. The Morgan fingerprint density at radius 3 is 2.70 bits per heavy atom. The normalized spacial score (nSPS) is 13.1. The summed E-state index contributed by atoms with van der Waals surface area (Å²) in [7, 11) is 2.01. The summed E-state index contributed by atoms with van der Waals surface area (Å²) in [6, 6.07) is 2.50. The SMILES string of the molecule is CC(CC#N)N(C)CCS. The van der Waals surface area contributed by atoms with E-state index in [0.29, 0.717) is 12.5 Å². The van der Waals surface area contributed by atoms with Gasteiger partial charge in [-0.2, -0.15) is 17.9 Å². The third kappa shape index (κ3) is 3.76. The van der Waals surface area contributed by atoms with Crippen molar-refractivity contribution in [1.29, 1.82) is 5.26 Å². The van der Waals surface area contributed by atoms with Crippen LogP contribution in [0.1, 0.15) is 13.3 Å². The van der Waals surface area contributed by atoms with E-state index >= 15 is 0 Å².